The molecule has 1 atom stereocenters. The first-order chi connectivity index (χ1) is 12.0. The number of thioether (sulfide) groups is 1. The zero-order valence-corrected chi connectivity index (χ0v) is 16.8. The van der Waals surface area contributed by atoms with E-state index < -0.39 is 0 Å². The third kappa shape index (κ3) is 4.61. The van der Waals surface area contributed by atoms with E-state index in [4.69, 9.17) is 0 Å². The van der Waals surface area contributed by atoms with Gasteiger partial charge in [0.2, 0.25) is 11.1 Å². The minimum absolute atomic E-state index is 0.0623. The Morgan fingerprint density at radius 2 is 2.12 bits per heavy atom. The van der Waals surface area contributed by atoms with Gasteiger partial charge in [-0.25, -0.2) is 4.68 Å². The molecule has 1 amide bonds. The molecular formula is C17H22BrN5OS. The number of carbonyl (C=O) groups is 1. The summed E-state index contributed by atoms with van der Waals surface area (Å²) in [6.07, 6.45) is 5.93. The molecule has 8 heteroatoms. The second-order valence-electron chi connectivity index (χ2n) is 6.43. The van der Waals surface area contributed by atoms with Crippen LogP contribution in [-0.4, -0.2) is 31.4 Å². The van der Waals surface area contributed by atoms with Gasteiger partial charge < -0.3 is 5.32 Å². The number of aromatic nitrogens is 4. The van der Waals surface area contributed by atoms with Gasteiger partial charge in [-0.1, -0.05) is 37.1 Å². The third-order valence-corrected chi connectivity index (χ3v) is 6.12. The summed E-state index contributed by atoms with van der Waals surface area (Å²) in [7, 11) is 0. The smallest absolute Gasteiger partial charge is 0.237 e. The Kier molecular flexibility index (Phi) is 6.11. The Bertz CT molecular complexity index is 744. The van der Waals surface area contributed by atoms with Crippen molar-refractivity contribution in [2.24, 2.45) is 0 Å². The first kappa shape index (κ1) is 18.4. The van der Waals surface area contributed by atoms with E-state index in [1.165, 1.54) is 31.0 Å². The van der Waals surface area contributed by atoms with Gasteiger partial charge in [0.15, 0.2) is 0 Å². The molecule has 25 heavy (non-hydrogen) atoms. The van der Waals surface area contributed by atoms with E-state index in [9.17, 15) is 4.79 Å². The maximum Gasteiger partial charge on any atom is 0.237 e. The zero-order valence-electron chi connectivity index (χ0n) is 14.4. The monoisotopic (exact) mass is 423 g/mol. The zero-order chi connectivity index (χ0) is 17.8. The van der Waals surface area contributed by atoms with Crippen LogP contribution in [0.1, 0.15) is 50.6 Å². The first-order valence-electron chi connectivity index (χ1n) is 8.56. The second-order valence-corrected chi connectivity index (χ2v) is 8.59. The van der Waals surface area contributed by atoms with E-state index >= 15 is 0 Å². The van der Waals surface area contributed by atoms with Gasteiger partial charge in [-0.15, -0.1) is 5.10 Å². The number of aryl methyl sites for hydroxylation is 1. The van der Waals surface area contributed by atoms with E-state index in [1.807, 2.05) is 36.7 Å². The second kappa shape index (κ2) is 8.31. The molecule has 2 aromatic rings. The van der Waals surface area contributed by atoms with E-state index in [-0.39, 0.29) is 11.2 Å². The molecule has 1 saturated carbocycles. The van der Waals surface area contributed by atoms with Crippen molar-refractivity contribution in [3.8, 4) is 0 Å². The Labute approximate surface area is 160 Å². The van der Waals surface area contributed by atoms with Crippen molar-refractivity contribution in [1.82, 2.24) is 20.2 Å². The van der Waals surface area contributed by atoms with Crippen molar-refractivity contribution in [1.29, 1.82) is 0 Å². The number of rotatable bonds is 5. The molecule has 1 aromatic heterocycles. The fourth-order valence-corrected chi connectivity index (χ4v) is 4.44. The maximum atomic E-state index is 12.5. The van der Waals surface area contributed by atoms with Gasteiger partial charge in [0.05, 0.1) is 17.0 Å². The predicted octanol–water partition coefficient (Wildman–Crippen LogP) is 4.37. The van der Waals surface area contributed by atoms with Crippen LogP contribution in [0, 0.1) is 6.92 Å². The lowest BCUT2D eigenvalue weighted by atomic mass is 9.96. The van der Waals surface area contributed by atoms with Crippen LogP contribution >= 0.6 is 27.7 Å². The van der Waals surface area contributed by atoms with Gasteiger partial charge in [-0.3, -0.25) is 4.79 Å². The summed E-state index contributed by atoms with van der Waals surface area (Å²) in [5.41, 5.74) is 1.91. The molecule has 1 unspecified atom stereocenters. The lowest BCUT2D eigenvalue weighted by Crippen LogP contribution is -2.24. The standard InChI is InChI=1S/C17H22BrN5OS/c1-11-8-9-15(14(18)10-11)19-16(24)12(2)25-17-20-21-22-23(17)13-6-4-3-5-7-13/h8-10,12-13H,3-7H2,1-2H3,(H,19,24). The number of hydrogen-bond acceptors (Lipinski definition) is 5. The number of benzene rings is 1. The minimum atomic E-state index is -0.290. The quantitative estimate of drug-likeness (QED) is 0.722. The molecule has 1 aliphatic rings. The summed E-state index contributed by atoms with van der Waals surface area (Å²) in [5.74, 6) is -0.0623. The van der Waals surface area contributed by atoms with Crippen molar-refractivity contribution < 1.29 is 4.79 Å². The summed E-state index contributed by atoms with van der Waals surface area (Å²) in [6, 6.07) is 6.22. The van der Waals surface area contributed by atoms with Crippen LogP contribution in [0.2, 0.25) is 0 Å². The molecule has 1 N–H and O–H groups in total. The minimum Gasteiger partial charge on any atom is -0.324 e. The molecule has 1 aromatic carbocycles. The summed E-state index contributed by atoms with van der Waals surface area (Å²) >= 11 is 4.90. The van der Waals surface area contributed by atoms with Gasteiger partial charge in [0.1, 0.15) is 0 Å². The Morgan fingerprint density at radius 1 is 1.36 bits per heavy atom. The van der Waals surface area contributed by atoms with Crippen LogP contribution in [0.15, 0.2) is 27.8 Å². The highest BCUT2D eigenvalue weighted by molar-refractivity contribution is 9.10. The summed E-state index contributed by atoms with van der Waals surface area (Å²) in [6.45, 7) is 3.89. The van der Waals surface area contributed by atoms with Gasteiger partial charge in [-0.2, -0.15) is 0 Å². The maximum absolute atomic E-state index is 12.5. The summed E-state index contributed by atoms with van der Waals surface area (Å²) in [5, 5.41) is 15.5. The van der Waals surface area contributed by atoms with Crippen molar-refractivity contribution in [3.63, 3.8) is 0 Å². The molecule has 6 nitrogen and oxygen atoms in total. The average molecular weight is 424 g/mol. The Hall–Kier alpha value is -1.41. The molecule has 3 rings (SSSR count). The van der Waals surface area contributed by atoms with Crippen LogP contribution in [0.3, 0.4) is 0 Å². The molecule has 1 aliphatic carbocycles. The summed E-state index contributed by atoms with van der Waals surface area (Å²) < 4.78 is 2.78. The van der Waals surface area contributed by atoms with E-state index in [0.29, 0.717) is 6.04 Å². The van der Waals surface area contributed by atoms with Crippen LogP contribution in [0.4, 0.5) is 5.69 Å². The fraction of sp³-hybridized carbons (Fsp3) is 0.529. The van der Waals surface area contributed by atoms with Gasteiger partial charge in [0, 0.05) is 4.47 Å². The molecule has 0 radical (unpaired) electrons. The van der Waals surface area contributed by atoms with Crippen LogP contribution in [0.25, 0.3) is 0 Å². The van der Waals surface area contributed by atoms with Crippen molar-refractivity contribution in [2.75, 3.05) is 5.32 Å². The number of tetrazole rings is 1. The number of hydrogen-bond donors (Lipinski definition) is 1. The van der Waals surface area contributed by atoms with E-state index in [1.54, 1.807) is 0 Å². The molecule has 0 spiro atoms. The van der Waals surface area contributed by atoms with Crippen molar-refractivity contribution in [3.05, 3.63) is 28.2 Å². The topological polar surface area (TPSA) is 72.7 Å². The molecule has 1 heterocycles. The molecule has 0 bridgehead atoms. The fourth-order valence-electron chi connectivity index (χ4n) is 2.99. The van der Waals surface area contributed by atoms with Crippen LogP contribution in [0.5, 0.6) is 0 Å². The number of nitrogens with zero attached hydrogens (tertiary/aromatic N) is 4. The molecule has 0 saturated heterocycles. The lowest BCUT2D eigenvalue weighted by Gasteiger charge is -2.22. The predicted molar refractivity (Wildman–Crippen MR) is 103 cm³/mol. The highest BCUT2D eigenvalue weighted by Gasteiger charge is 2.24. The van der Waals surface area contributed by atoms with E-state index in [2.05, 4.69) is 36.8 Å². The average Bonchev–Trinajstić information content (AvgIpc) is 3.06. The Morgan fingerprint density at radius 3 is 2.84 bits per heavy atom. The largest absolute Gasteiger partial charge is 0.324 e. The van der Waals surface area contributed by atoms with Gasteiger partial charge in [0.25, 0.3) is 0 Å². The highest BCUT2D eigenvalue weighted by atomic mass is 79.9. The highest BCUT2D eigenvalue weighted by Crippen LogP contribution is 2.32. The molecule has 1 fully saturated rings. The Balaban J connectivity index is 1.65. The first-order valence-corrected chi connectivity index (χ1v) is 10.2. The molecular weight excluding hydrogens is 402 g/mol. The molecule has 134 valence electrons. The van der Waals surface area contributed by atoms with Crippen molar-refractivity contribution >= 4 is 39.3 Å². The number of halogens is 1. The SMILES string of the molecule is Cc1ccc(NC(=O)C(C)Sc2nnnn2C2CCCCC2)c(Br)c1. The van der Waals surface area contributed by atoms with Crippen LogP contribution in [-0.2, 0) is 4.79 Å². The van der Waals surface area contributed by atoms with Gasteiger partial charge in [-0.05, 0) is 70.7 Å². The molecule has 0 aliphatic heterocycles. The van der Waals surface area contributed by atoms with Crippen LogP contribution < -0.4 is 5.32 Å². The number of nitrogens with one attached hydrogen (secondary N) is 1. The van der Waals surface area contributed by atoms with Gasteiger partial charge >= 0.3 is 0 Å². The summed E-state index contributed by atoms with van der Waals surface area (Å²) in [4.78, 5) is 12.5. The lowest BCUT2D eigenvalue weighted by molar-refractivity contribution is -0.115. The van der Waals surface area contributed by atoms with E-state index in [0.717, 1.165) is 33.7 Å². The van der Waals surface area contributed by atoms with Crippen molar-refractivity contribution in [2.45, 2.75) is 62.4 Å². The number of carbonyl (C=O) groups excluding carboxylic acids is 1. The normalized spacial score (nSPS) is 16.6. The number of amides is 1. The number of anilines is 1. The third-order valence-electron chi connectivity index (χ3n) is 4.42.